The first-order valence-corrected chi connectivity index (χ1v) is 8.93. The molecule has 2 aliphatic rings. The van der Waals surface area contributed by atoms with Crippen molar-refractivity contribution in [2.45, 2.75) is 36.2 Å². The van der Waals surface area contributed by atoms with Gasteiger partial charge in [0.15, 0.2) is 0 Å². The Morgan fingerprint density at radius 3 is 2.48 bits per heavy atom. The van der Waals surface area contributed by atoms with Crippen LogP contribution in [0.4, 0.5) is 0 Å². The van der Waals surface area contributed by atoms with Gasteiger partial charge in [0.2, 0.25) is 0 Å². The summed E-state index contributed by atoms with van der Waals surface area (Å²) in [6.07, 6.45) is 3.98. The number of fused-ring (bicyclic) bond motifs is 1. The first-order chi connectivity index (χ1) is 10.4. The Morgan fingerprint density at radius 2 is 1.67 bits per heavy atom. The molecule has 0 saturated heterocycles. The van der Waals surface area contributed by atoms with Crippen LogP contribution < -0.4 is 5.32 Å². The van der Waals surface area contributed by atoms with Crippen LogP contribution >= 0.6 is 11.8 Å². The molecule has 1 N–H and O–H groups in total. The molecule has 0 radical (unpaired) electrons. The molecule has 1 saturated carbocycles. The predicted octanol–water partition coefficient (Wildman–Crippen LogP) is 4.96. The summed E-state index contributed by atoms with van der Waals surface area (Å²) in [6, 6.07) is 20.9. The third-order valence-corrected chi connectivity index (χ3v) is 5.71. The molecule has 1 fully saturated rings. The molecule has 1 nitrogen and oxygen atoms in total. The van der Waals surface area contributed by atoms with Crippen LogP contribution in [0.2, 0.25) is 0 Å². The second-order valence-corrected chi connectivity index (χ2v) is 7.26. The molecule has 21 heavy (non-hydrogen) atoms. The molecule has 1 aliphatic heterocycles. The van der Waals surface area contributed by atoms with Crippen molar-refractivity contribution in [2.24, 2.45) is 5.92 Å². The highest BCUT2D eigenvalue weighted by atomic mass is 32.2. The van der Waals surface area contributed by atoms with E-state index in [4.69, 9.17) is 0 Å². The summed E-state index contributed by atoms with van der Waals surface area (Å²) >= 11 is 2.00. The van der Waals surface area contributed by atoms with E-state index in [-0.39, 0.29) is 0 Å². The Labute approximate surface area is 131 Å². The number of hydrogen-bond donors (Lipinski definition) is 1. The van der Waals surface area contributed by atoms with Gasteiger partial charge in [-0.3, -0.25) is 0 Å². The van der Waals surface area contributed by atoms with Crippen molar-refractivity contribution in [1.82, 2.24) is 5.32 Å². The summed E-state index contributed by atoms with van der Waals surface area (Å²) in [4.78, 5) is 1.46. The first-order valence-electron chi connectivity index (χ1n) is 7.94. The van der Waals surface area contributed by atoms with Crippen molar-refractivity contribution < 1.29 is 0 Å². The quantitative estimate of drug-likeness (QED) is 0.855. The molecule has 0 amide bonds. The van der Waals surface area contributed by atoms with E-state index in [1.165, 1.54) is 41.0 Å². The van der Waals surface area contributed by atoms with Crippen molar-refractivity contribution in [2.75, 3.05) is 5.75 Å². The van der Waals surface area contributed by atoms with Crippen molar-refractivity contribution in [3.05, 3.63) is 65.7 Å². The van der Waals surface area contributed by atoms with Gasteiger partial charge >= 0.3 is 0 Å². The van der Waals surface area contributed by atoms with Crippen LogP contribution in [-0.2, 0) is 0 Å². The summed E-state index contributed by atoms with van der Waals surface area (Å²) < 4.78 is 0. The van der Waals surface area contributed by atoms with Gasteiger partial charge in [0, 0.05) is 17.0 Å². The predicted molar refractivity (Wildman–Crippen MR) is 89.6 cm³/mol. The molecule has 1 aliphatic carbocycles. The SMILES string of the molecule is c1ccc(C(NC2CCSc3ccccc32)C2CC2)cc1. The van der Waals surface area contributed by atoms with Crippen LogP contribution in [0.25, 0.3) is 0 Å². The van der Waals surface area contributed by atoms with Crippen LogP contribution in [0.5, 0.6) is 0 Å². The molecule has 0 aromatic heterocycles. The lowest BCUT2D eigenvalue weighted by atomic mass is 9.97. The molecule has 2 aromatic rings. The number of thioether (sulfide) groups is 1. The maximum atomic E-state index is 3.98. The van der Waals surface area contributed by atoms with Crippen LogP contribution in [0.15, 0.2) is 59.5 Å². The van der Waals surface area contributed by atoms with Crippen LogP contribution in [0.3, 0.4) is 0 Å². The third kappa shape index (κ3) is 2.88. The Balaban J connectivity index is 1.60. The zero-order valence-corrected chi connectivity index (χ0v) is 13.0. The lowest BCUT2D eigenvalue weighted by Crippen LogP contribution is -2.30. The van der Waals surface area contributed by atoms with Gasteiger partial charge in [-0.2, -0.15) is 0 Å². The highest BCUT2D eigenvalue weighted by molar-refractivity contribution is 7.99. The molecule has 2 unspecified atom stereocenters. The largest absolute Gasteiger partial charge is 0.303 e. The number of benzene rings is 2. The molecular formula is C19H21NS. The summed E-state index contributed by atoms with van der Waals surface area (Å²) in [6.45, 7) is 0. The maximum Gasteiger partial charge on any atom is 0.0354 e. The van der Waals surface area contributed by atoms with Gasteiger partial charge in [0.1, 0.15) is 0 Å². The molecule has 108 valence electrons. The first kappa shape index (κ1) is 13.4. The molecule has 2 aromatic carbocycles. The monoisotopic (exact) mass is 295 g/mol. The smallest absolute Gasteiger partial charge is 0.0354 e. The summed E-state index contributed by atoms with van der Waals surface area (Å²) in [5.41, 5.74) is 2.95. The fourth-order valence-corrected chi connectivity index (χ4v) is 4.45. The second-order valence-electron chi connectivity index (χ2n) is 6.12. The molecule has 0 bridgehead atoms. The Morgan fingerprint density at radius 1 is 0.905 bits per heavy atom. The Kier molecular flexibility index (Phi) is 3.74. The van der Waals surface area contributed by atoms with Crippen molar-refractivity contribution in [3.63, 3.8) is 0 Å². The molecular weight excluding hydrogens is 274 g/mol. The van der Waals surface area contributed by atoms with Crippen molar-refractivity contribution in [1.29, 1.82) is 0 Å². The van der Waals surface area contributed by atoms with Crippen LogP contribution in [0, 0.1) is 5.92 Å². The number of nitrogens with one attached hydrogen (secondary N) is 1. The van der Waals surface area contributed by atoms with Crippen molar-refractivity contribution >= 4 is 11.8 Å². The van der Waals surface area contributed by atoms with E-state index >= 15 is 0 Å². The fraction of sp³-hybridized carbons (Fsp3) is 0.368. The van der Waals surface area contributed by atoms with Gasteiger partial charge in [-0.05, 0) is 48.1 Å². The van der Waals surface area contributed by atoms with Gasteiger partial charge in [-0.25, -0.2) is 0 Å². The minimum absolute atomic E-state index is 0.508. The fourth-order valence-electron chi connectivity index (χ4n) is 3.33. The lowest BCUT2D eigenvalue weighted by molar-refractivity contribution is 0.397. The average Bonchev–Trinajstić information content (AvgIpc) is 3.38. The van der Waals surface area contributed by atoms with E-state index in [1.807, 2.05) is 11.8 Å². The van der Waals surface area contributed by atoms with Gasteiger partial charge in [-0.15, -0.1) is 11.8 Å². The highest BCUT2D eigenvalue weighted by Crippen LogP contribution is 2.44. The molecule has 0 spiro atoms. The lowest BCUT2D eigenvalue weighted by Gasteiger charge is -2.30. The maximum absolute atomic E-state index is 3.98. The topological polar surface area (TPSA) is 12.0 Å². The van der Waals surface area contributed by atoms with E-state index in [0.717, 1.165) is 5.92 Å². The molecule has 4 rings (SSSR count). The number of rotatable bonds is 4. The average molecular weight is 295 g/mol. The standard InChI is InChI=1S/C19H21NS/c1-2-6-14(7-3-1)19(15-10-11-15)20-17-12-13-21-18-9-5-4-8-16(17)18/h1-9,15,17,19-20H,10-13H2. The van der Waals surface area contributed by atoms with Gasteiger partial charge < -0.3 is 5.32 Å². The summed E-state index contributed by atoms with van der Waals surface area (Å²) in [5, 5.41) is 3.98. The Bertz CT molecular complexity index is 606. The summed E-state index contributed by atoms with van der Waals surface area (Å²) in [5.74, 6) is 2.05. The van der Waals surface area contributed by atoms with Crippen LogP contribution in [0.1, 0.15) is 42.5 Å². The van der Waals surface area contributed by atoms with Crippen LogP contribution in [-0.4, -0.2) is 5.75 Å². The van der Waals surface area contributed by atoms with E-state index in [1.54, 1.807) is 0 Å². The second kappa shape index (κ2) is 5.86. The molecule has 2 heteroatoms. The minimum Gasteiger partial charge on any atom is -0.303 e. The molecule has 1 heterocycles. The van der Waals surface area contributed by atoms with Gasteiger partial charge in [-0.1, -0.05) is 48.5 Å². The summed E-state index contributed by atoms with van der Waals surface area (Å²) in [7, 11) is 0. The van der Waals surface area contributed by atoms with Gasteiger partial charge in [0.05, 0.1) is 0 Å². The van der Waals surface area contributed by atoms with Crippen molar-refractivity contribution in [3.8, 4) is 0 Å². The van der Waals surface area contributed by atoms with Gasteiger partial charge in [0.25, 0.3) is 0 Å². The van der Waals surface area contributed by atoms with E-state index in [2.05, 4.69) is 59.9 Å². The van der Waals surface area contributed by atoms with E-state index < -0.39 is 0 Å². The zero-order valence-electron chi connectivity index (χ0n) is 12.2. The van der Waals surface area contributed by atoms with E-state index in [9.17, 15) is 0 Å². The zero-order chi connectivity index (χ0) is 14.1. The third-order valence-electron chi connectivity index (χ3n) is 4.59. The normalized spacial score (nSPS) is 22.6. The molecule has 2 atom stereocenters. The minimum atomic E-state index is 0.508. The van der Waals surface area contributed by atoms with E-state index in [0.29, 0.717) is 12.1 Å². The number of hydrogen-bond acceptors (Lipinski definition) is 2. The highest BCUT2D eigenvalue weighted by Gasteiger charge is 2.34. The Hall–Kier alpha value is -1.25.